The number of hydrogen-bond donors (Lipinski definition) is 1. The Bertz CT molecular complexity index is 804. The molecule has 0 atom stereocenters. The molecule has 0 unspecified atom stereocenters. The Kier molecular flexibility index (Phi) is 3.34. The van der Waals surface area contributed by atoms with Crippen molar-refractivity contribution in [1.29, 1.82) is 0 Å². The number of carbonyl (C=O) groups excluding carboxylic acids is 2. The highest BCUT2D eigenvalue weighted by Crippen LogP contribution is 2.28. The first-order valence-corrected chi connectivity index (χ1v) is 6.70. The Labute approximate surface area is 127 Å². The maximum Gasteiger partial charge on any atom is 0.231 e. The molecule has 2 aromatic rings. The summed E-state index contributed by atoms with van der Waals surface area (Å²) in [4.78, 5) is 32.3. The molecule has 1 aliphatic rings. The standard InChI is InChI=1S/C14H7BrFN3O2/c15-9-10(19-8-3-1-2-7(16)6-8)14(21)12-11(13(9)20)17-4-5-18-12/h1-6,19H. The van der Waals surface area contributed by atoms with E-state index < -0.39 is 17.4 Å². The third kappa shape index (κ3) is 2.36. The number of carbonyl (C=O) groups is 2. The summed E-state index contributed by atoms with van der Waals surface area (Å²) in [5.74, 6) is -1.38. The van der Waals surface area contributed by atoms with E-state index in [-0.39, 0.29) is 21.6 Å². The molecule has 3 rings (SSSR count). The van der Waals surface area contributed by atoms with Gasteiger partial charge in [0.05, 0.1) is 4.48 Å². The van der Waals surface area contributed by atoms with Crippen LogP contribution in [0.4, 0.5) is 10.1 Å². The van der Waals surface area contributed by atoms with Gasteiger partial charge >= 0.3 is 0 Å². The lowest BCUT2D eigenvalue weighted by Gasteiger charge is -2.17. The summed E-state index contributed by atoms with van der Waals surface area (Å²) in [6.07, 6.45) is 2.68. The zero-order valence-electron chi connectivity index (χ0n) is 10.4. The van der Waals surface area contributed by atoms with Crippen molar-refractivity contribution in [2.45, 2.75) is 0 Å². The van der Waals surface area contributed by atoms with E-state index in [2.05, 4.69) is 31.2 Å². The van der Waals surface area contributed by atoms with Crippen LogP contribution >= 0.6 is 15.9 Å². The molecule has 0 bridgehead atoms. The second-order valence-corrected chi connectivity index (χ2v) is 5.03. The van der Waals surface area contributed by atoms with Crippen LogP contribution < -0.4 is 5.32 Å². The first kappa shape index (κ1) is 13.6. The van der Waals surface area contributed by atoms with Gasteiger partial charge in [0.1, 0.15) is 22.9 Å². The van der Waals surface area contributed by atoms with Gasteiger partial charge in [0, 0.05) is 18.1 Å². The van der Waals surface area contributed by atoms with E-state index in [1.807, 2.05) is 0 Å². The molecular weight excluding hydrogens is 341 g/mol. The van der Waals surface area contributed by atoms with Gasteiger partial charge in [0.25, 0.3) is 0 Å². The largest absolute Gasteiger partial charge is 0.351 e. The predicted molar refractivity (Wildman–Crippen MR) is 76.7 cm³/mol. The minimum atomic E-state index is -0.478. The van der Waals surface area contributed by atoms with Crippen LogP contribution in [0, 0.1) is 5.82 Å². The highest BCUT2D eigenvalue weighted by Gasteiger charge is 2.33. The summed E-state index contributed by atoms with van der Waals surface area (Å²) < 4.78 is 13.2. The zero-order valence-corrected chi connectivity index (χ0v) is 12.0. The third-order valence-electron chi connectivity index (χ3n) is 2.87. The minimum Gasteiger partial charge on any atom is -0.351 e. The number of nitrogens with zero attached hydrogens (tertiary/aromatic N) is 2. The second-order valence-electron chi connectivity index (χ2n) is 4.24. The van der Waals surface area contributed by atoms with Crippen molar-refractivity contribution in [1.82, 2.24) is 9.97 Å². The molecule has 104 valence electrons. The topological polar surface area (TPSA) is 72.0 Å². The molecule has 5 nitrogen and oxygen atoms in total. The van der Waals surface area contributed by atoms with E-state index in [4.69, 9.17) is 0 Å². The number of nitrogens with one attached hydrogen (secondary N) is 1. The monoisotopic (exact) mass is 347 g/mol. The van der Waals surface area contributed by atoms with Crippen LogP contribution in [-0.2, 0) is 0 Å². The Balaban J connectivity index is 2.05. The normalized spacial score (nSPS) is 14.2. The number of Topliss-reactive ketones (excluding diaryl/α,β-unsaturated/α-hetero) is 2. The molecule has 7 heteroatoms. The average molecular weight is 348 g/mol. The van der Waals surface area contributed by atoms with Crippen molar-refractivity contribution in [3.8, 4) is 0 Å². The fraction of sp³-hybridized carbons (Fsp3) is 0. The van der Waals surface area contributed by atoms with Crippen molar-refractivity contribution in [2.75, 3.05) is 5.32 Å². The summed E-state index contributed by atoms with van der Waals surface area (Å²) in [5.41, 5.74) is 0.345. The van der Waals surface area contributed by atoms with Crippen molar-refractivity contribution in [2.24, 2.45) is 0 Å². The number of aromatic nitrogens is 2. The van der Waals surface area contributed by atoms with Gasteiger partial charge < -0.3 is 5.32 Å². The Morgan fingerprint density at radius 2 is 1.71 bits per heavy atom. The van der Waals surface area contributed by atoms with E-state index in [0.717, 1.165) is 0 Å². The number of benzene rings is 1. The van der Waals surface area contributed by atoms with Crippen LogP contribution in [0.5, 0.6) is 0 Å². The Morgan fingerprint density at radius 3 is 2.38 bits per heavy atom. The van der Waals surface area contributed by atoms with Gasteiger partial charge in [-0.05, 0) is 34.1 Å². The number of halogens is 2. The highest BCUT2D eigenvalue weighted by molar-refractivity contribution is 9.12. The summed E-state index contributed by atoms with van der Waals surface area (Å²) >= 11 is 3.09. The number of fused-ring (bicyclic) bond motifs is 1. The number of allylic oxidation sites excluding steroid dienone is 2. The maximum absolute atomic E-state index is 13.2. The second kappa shape index (κ2) is 5.17. The fourth-order valence-electron chi connectivity index (χ4n) is 1.93. The molecule has 1 aromatic carbocycles. The van der Waals surface area contributed by atoms with Crippen LogP contribution in [-0.4, -0.2) is 21.5 Å². The SMILES string of the molecule is O=C1C(Br)=C(Nc2cccc(F)c2)C(=O)c2nccnc21. The quantitative estimate of drug-likeness (QED) is 0.904. The van der Waals surface area contributed by atoms with Crippen LogP contribution in [0.25, 0.3) is 0 Å². The molecule has 0 aliphatic heterocycles. The first-order chi connectivity index (χ1) is 10.1. The van der Waals surface area contributed by atoms with Gasteiger partial charge in [0.15, 0.2) is 0 Å². The van der Waals surface area contributed by atoms with Gasteiger partial charge in [-0.2, -0.15) is 0 Å². The molecule has 1 N–H and O–H groups in total. The van der Waals surface area contributed by atoms with Crippen LogP contribution in [0.3, 0.4) is 0 Å². The third-order valence-corrected chi connectivity index (χ3v) is 3.62. The lowest BCUT2D eigenvalue weighted by molar-refractivity contribution is 0.0975. The predicted octanol–water partition coefficient (Wildman–Crippen LogP) is 2.71. The molecule has 21 heavy (non-hydrogen) atoms. The molecule has 0 saturated heterocycles. The van der Waals surface area contributed by atoms with Crippen LogP contribution in [0.15, 0.2) is 46.8 Å². The van der Waals surface area contributed by atoms with Crippen molar-refractivity contribution >= 4 is 33.2 Å². The van der Waals surface area contributed by atoms with Gasteiger partial charge in [-0.25, -0.2) is 14.4 Å². The molecule has 1 aromatic heterocycles. The molecule has 0 spiro atoms. The van der Waals surface area contributed by atoms with Gasteiger partial charge in [-0.3, -0.25) is 9.59 Å². The summed E-state index contributed by atoms with van der Waals surface area (Å²) in [7, 11) is 0. The van der Waals surface area contributed by atoms with E-state index >= 15 is 0 Å². The molecule has 1 aliphatic carbocycles. The minimum absolute atomic E-state index is 0.000771. The molecular formula is C14H7BrFN3O2. The van der Waals surface area contributed by atoms with E-state index in [9.17, 15) is 14.0 Å². The fourth-order valence-corrected chi connectivity index (χ4v) is 2.40. The molecule has 0 amide bonds. The van der Waals surface area contributed by atoms with Crippen LogP contribution in [0.2, 0.25) is 0 Å². The van der Waals surface area contributed by atoms with Gasteiger partial charge in [-0.15, -0.1) is 0 Å². The highest BCUT2D eigenvalue weighted by atomic mass is 79.9. The number of rotatable bonds is 2. The average Bonchev–Trinajstić information content (AvgIpc) is 2.49. The van der Waals surface area contributed by atoms with E-state index in [1.165, 1.54) is 30.6 Å². The molecule has 0 saturated carbocycles. The Hall–Kier alpha value is -2.41. The van der Waals surface area contributed by atoms with Crippen molar-refractivity contribution in [3.05, 3.63) is 64.0 Å². The molecule has 0 fully saturated rings. The summed E-state index contributed by atoms with van der Waals surface area (Å²) in [6.45, 7) is 0. The van der Waals surface area contributed by atoms with Crippen molar-refractivity contribution < 1.29 is 14.0 Å². The zero-order chi connectivity index (χ0) is 15.0. The summed E-state index contributed by atoms with van der Waals surface area (Å²) in [6, 6.07) is 5.58. The van der Waals surface area contributed by atoms with Gasteiger partial charge in [0.2, 0.25) is 11.6 Å². The van der Waals surface area contributed by atoms with E-state index in [0.29, 0.717) is 5.69 Å². The Morgan fingerprint density at radius 1 is 1.05 bits per heavy atom. The molecule has 0 radical (unpaired) electrons. The lowest BCUT2D eigenvalue weighted by Crippen LogP contribution is -2.26. The number of anilines is 1. The van der Waals surface area contributed by atoms with Crippen molar-refractivity contribution in [3.63, 3.8) is 0 Å². The first-order valence-electron chi connectivity index (χ1n) is 5.90. The maximum atomic E-state index is 13.2. The number of hydrogen-bond acceptors (Lipinski definition) is 5. The van der Waals surface area contributed by atoms with Crippen LogP contribution in [0.1, 0.15) is 21.0 Å². The summed E-state index contributed by atoms with van der Waals surface area (Å²) in [5, 5.41) is 2.75. The number of ketones is 2. The van der Waals surface area contributed by atoms with E-state index in [1.54, 1.807) is 6.07 Å². The smallest absolute Gasteiger partial charge is 0.231 e. The lowest BCUT2D eigenvalue weighted by atomic mass is 10.0. The molecule has 1 heterocycles. The van der Waals surface area contributed by atoms with Gasteiger partial charge in [-0.1, -0.05) is 6.07 Å².